The zero-order chi connectivity index (χ0) is 16.8. The van der Waals surface area contributed by atoms with Crippen molar-refractivity contribution >= 4 is 17.6 Å². The molecule has 0 aliphatic carbocycles. The van der Waals surface area contributed by atoms with Crippen molar-refractivity contribution in [2.75, 3.05) is 26.7 Å². The number of hydrogen-bond acceptors (Lipinski definition) is 2. The van der Waals surface area contributed by atoms with Gasteiger partial charge in [0.15, 0.2) is 5.96 Å². The third kappa shape index (κ3) is 5.26. The second-order valence-corrected chi connectivity index (χ2v) is 6.86. The number of nitrogens with two attached hydrogens (primary N) is 1. The van der Waals surface area contributed by atoms with Crippen molar-refractivity contribution in [1.29, 1.82) is 0 Å². The van der Waals surface area contributed by atoms with E-state index >= 15 is 0 Å². The monoisotopic (exact) mass is 334 g/mol. The van der Waals surface area contributed by atoms with Gasteiger partial charge in [0.1, 0.15) is 0 Å². The van der Waals surface area contributed by atoms with Gasteiger partial charge in [-0.25, -0.2) is 4.99 Å². The Morgan fingerprint density at radius 3 is 3.00 bits per heavy atom. The number of halogens is 1. The van der Waals surface area contributed by atoms with Crippen LogP contribution in [0.4, 0.5) is 0 Å². The molecule has 1 aromatic rings. The zero-order valence-corrected chi connectivity index (χ0v) is 14.8. The summed E-state index contributed by atoms with van der Waals surface area (Å²) in [6.07, 6.45) is 2.37. The summed E-state index contributed by atoms with van der Waals surface area (Å²) in [7, 11) is 2.18. The number of likely N-dealkylation sites (tertiary alicyclic amines) is 1. The van der Waals surface area contributed by atoms with Crippen LogP contribution < -0.4 is 11.1 Å². The van der Waals surface area contributed by atoms with Crippen LogP contribution in [0.25, 0.3) is 0 Å². The van der Waals surface area contributed by atoms with Crippen molar-refractivity contribution in [3.8, 4) is 0 Å². The summed E-state index contributed by atoms with van der Waals surface area (Å²) < 4.78 is 0. The van der Waals surface area contributed by atoms with Crippen molar-refractivity contribution in [2.45, 2.75) is 25.8 Å². The van der Waals surface area contributed by atoms with Crippen LogP contribution in [-0.2, 0) is 0 Å². The lowest BCUT2D eigenvalue weighted by Gasteiger charge is -2.39. The molecule has 4 nitrogen and oxygen atoms in total. The van der Waals surface area contributed by atoms with Crippen LogP contribution in [0, 0.1) is 5.92 Å². The van der Waals surface area contributed by atoms with E-state index in [-0.39, 0.29) is 0 Å². The summed E-state index contributed by atoms with van der Waals surface area (Å²) >= 11 is 6.18. The molecule has 3 N–H and O–H groups in total. The average Bonchev–Trinajstić information content (AvgIpc) is 2.50. The maximum atomic E-state index is 6.18. The minimum atomic E-state index is 0.351. The van der Waals surface area contributed by atoms with E-state index in [1.165, 1.54) is 18.4 Å². The van der Waals surface area contributed by atoms with Crippen molar-refractivity contribution in [3.05, 3.63) is 47.0 Å². The normalized spacial score (nSPS) is 22.8. The molecule has 0 spiro atoms. The van der Waals surface area contributed by atoms with Crippen LogP contribution in [0.2, 0.25) is 5.02 Å². The highest BCUT2D eigenvalue weighted by molar-refractivity contribution is 6.30. The van der Waals surface area contributed by atoms with Gasteiger partial charge in [-0.3, -0.25) is 4.90 Å². The standard InChI is InChI=1S/C18H27ClN4/c1-13(2)11-21-18(20)22-12-15-7-5-9-23(3)17(15)14-6-4-8-16(19)10-14/h4,6,8,10,15,17H,1,5,7,9,11-12H2,2-3H3,(H3,20,21,22). The molecular weight excluding hydrogens is 308 g/mol. The second kappa shape index (κ2) is 8.37. The number of piperidine rings is 1. The third-order valence-corrected chi connectivity index (χ3v) is 4.50. The molecule has 1 aliphatic rings. The van der Waals surface area contributed by atoms with Crippen molar-refractivity contribution in [1.82, 2.24) is 10.2 Å². The quantitative estimate of drug-likeness (QED) is 0.494. The third-order valence-electron chi connectivity index (χ3n) is 4.26. The highest BCUT2D eigenvalue weighted by Crippen LogP contribution is 2.35. The van der Waals surface area contributed by atoms with Gasteiger partial charge in [-0.15, -0.1) is 0 Å². The molecule has 1 fully saturated rings. The molecule has 23 heavy (non-hydrogen) atoms. The minimum Gasteiger partial charge on any atom is -0.370 e. The largest absolute Gasteiger partial charge is 0.370 e. The average molecular weight is 335 g/mol. The molecule has 2 rings (SSSR count). The van der Waals surface area contributed by atoms with Crippen molar-refractivity contribution < 1.29 is 0 Å². The molecule has 1 aliphatic heterocycles. The molecule has 2 unspecified atom stereocenters. The predicted molar refractivity (Wildman–Crippen MR) is 98.9 cm³/mol. The van der Waals surface area contributed by atoms with Gasteiger partial charge in [-0.2, -0.15) is 0 Å². The highest BCUT2D eigenvalue weighted by atomic mass is 35.5. The van der Waals surface area contributed by atoms with Gasteiger partial charge in [0.2, 0.25) is 0 Å². The van der Waals surface area contributed by atoms with Gasteiger partial charge in [0, 0.05) is 17.6 Å². The van der Waals surface area contributed by atoms with Gasteiger partial charge < -0.3 is 11.1 Å². The van der Waals surface area contributed by atoms with E-state index in [1.807, 2.05) is 19.1 Å². The molecule has 0 aromatic heterocycles. The number of benzene rings is 1. The van der Waals surface area contributed by atoms with Crippen LogP contribution in [0.5, 0.6) is 0 Å². The van der Waals surface area contributed by atoms with Gasteiger partial charge >= 0.3 is 0 Å². The van der Waals surface area contributed by atoms with Gasteiger partial charge in [0.05, 0.1) is 6.54 Å². The number of rotatable bonds is 5. The van der Waals surface area contributed by atoms with E-state index in [0.717, 1.165) is 23.7 Å². The smallest absolute Gasteiger partial charge is 0.188 e. The Balaban J connectivity index is 2.06. The van der Waals surface area contributed by atoms with Crippen LogP contribution in [0.3, 0.4) is 0 Å². The highest BCUT2D eigenvalue weighted by Gasteiger charge is 2.30. The lowest BCUT2D eigenvalue weighted by Crippen LogP contribution is -2.43. The maximum absolute atomic E-state index is 6.18. The Morgan fingerprint density at radius 2 is 2.30 bits per heavy atom. The van der Waals surface area contributed by atoms with Crippen LogP contribution in [0.15, 0.2) is 41.4 Å². The minimum absolute atomic E-state index is 0.351. The Morgan fingerprint density at radius 1 is 1.52 bits per heavy atom. The van der Waals surface area contributed by atoms with E-state index in [4.69, 9.17) is 17.3 Å². The molecular formula is C18H27ClN4. The summed E-state index contributed by atoms with van der Waals surface area (Å²) in [5, 5.41) is 4.06. The first-order chi connectivity index (χ1) is 11.0. The maximum Gasteiger partial charge on any atom is 0.188 e. The molecule has 126 valence electrons. The summed E-state index contributed by atoms with van der Waals surface area (Å²) in [5.41, 5.74) is 8.22. The number of aliphatic imine (C=N–C) groups is 1. The fraction of sp³-hybridized carbons (Fsp3) is 0.500. The van der Waals surface area contributed by atoms with Crippen LogP contribution >= 0.6 is 11.6 Å². The van der Waals surface area contributed by atoms with Crippen molar-refractivity contribution in [2.24, 2.45) is 16.6 Å². The van der Waals surface area contributed by atoms with E-state index in [2.05, 4.69) is 41.0 Å². The second-order valence-electron chi connectivity index (χ2n) is 6.42. The van der Waals surface area contributed by atoms with E-state index in [1.54, 1.807) is 0 Å². The number of nitrogens with zero attached hydrogens (tertiary/aromatic N) is 2. The van der Waals surface area contributed by atoms with Gasteiger partial charge in [-0.1, -0.05) is 35.9 Å². The first-order valence-corrected chi connectivity index (χ1v) is 8.49. The van der Waals surface area contributed by atoms with Crippen LogP contribution in [0.1, 0.15) is 31.4 Å². The van der Waals surface area contributed by atoms with Gasteiger partial charge in [0.25, 0.3) is 0 Å². The molecule has 1 heterocycles. The molecule has 0 radical (unpaired) electrons. The lowest BCUT2D eigenvalue weighted by atomic mass is 9.85. The topological polar surface area (TPSA) is 53.6 Å². The first-order valence-electron chi connectivity index (χ1n) is 8.11. The summed E-state index contributed by atoms with van der Waals surface area (Å²) in [4.78, 5) is 6.69. The first kappa shape index (κ1) is 17.8. The number of guanidine groups is 1. The van der Waals surface area contributed by atoms with Crippen molar-refractivity contribution in [3.63, 3.8) is 0 Å². The molecule has 1 aromatic carbocycles. The Hall–Kier alpha value is -1.52. The molecule has 0 bridgehead atoms. The van der Waals surface area contributed by atoms with E-state index < -0.39 is 0 Å². The Labute approximate surface area is 144 Å². The summed E-state index contributed by atoms with van der Waals surface area (Å²) in [6.45, 7) is 8.27. The summed E-state index contributed by atoms with van der Waals surface area (Å²) in [6, 6.07) is 8.52. The predicted octanol–water partition coefficient (Wildman–Crippen LogP) is 3.20. The zero-order valence-electron chi connectivity index (χ0n) is 14.1. The fourth-order valence-corrected chi connectivity index (χ4v) is 3.40. The fourth-order valence-electron chi connectivity index (χ4n) is 3.20. The molecule has 5 heteroatoms. The summed E-state index contributed by atoms with van der Waals surface area (Å²) in [5.74, 6) is 0.969. The Bertz CT molecular complexity index is 570. The van der Waals surface area contributed by atoms with Gasteiger partial charge in [-0.05, 0) is 57.0 Å². The van der Waals surface area contributed by atoms with Crippen LogP contribution in [-0.4, -0.2) is 37.5 Å². The molecule has 0 amide bonds. The molecule has 2 atom stereocenters. The molecule has 1 saturated heterocycles. The SMILES string of the molecule is C=C(C)CN=C(N)NCC1CCCN(C)C1c1cccc(Cl)c1. The Kier molecular flexibility index (Phi) is 6.48. The van der Waals surface area contributed by atoms with E-state index in [0.29, 0.717) is 24.5 Å². The number of nitrogens with one attached hydrogen (secondary N) is 1. The number of hydrogen-bond donors (Lipinski definition) is 2. The van der Waals surface area contributed by atoms with E-state index in [9.17, 15) is 0 Å². The molecule has 0 saturated carbocycles. The lowest BCUT2D eigenvalue weighted by molar-refractivity contribution is 0.122.